The van der Waals surface area contributed by atoms with E-state index in [-0.39, 0.29) is 6.03 Å². The Balaban J connectivity index is 1.74. The summed E-state index contributed by atoms with van der Waals surface area (Å²) in [6.07, 6.45) is 6.78. The van der Waals surface area contributed by atoms with Crippen LogP contribution in [0.25, 0.3) is 10.9 Å². The maximum absolute atomic E-state index is 12.7. The van der Waals surface area contributed by atoms with E-state index in [4.69, 9.17) is 11.6 Å². The van der Waals surface area contributed by atoms with E-state index in [1.807, 2.05) is 35.2 Å². The molecule has 0 unspecified atom stereocenters. The summed E-state index contributed by atoms with van der Waals surface area (Å²) in [5.74, 6) is 0. The average Bonchev–Trinajstić information content (AvgIpc) is 2.62. The lowest BCUT2D eigenvalue weighted by Gasteiger charge is -2.28. The summed E-state index contributed by atoms with van der Waals surface area (Å²) >= 11 is 6.37. The molecular weight excluding hydrogens is 334 g/mol. The molecule has 4 nitrogen and oxygen atoms in total. The smallest absolute Gasteiger partial charge is 0.317 e. The molecule has 0 saturated heterocycles. The fourth-order valence-corrected chi connectivity index (χ4v) is 3.69. The van der Waals surface area contributed by atoms with Crippen LogP contribution in [-0.2, 0) is 6.54 Å². The maximum atomic E-state index is 12.7. The van der Waals surface area contributed by atoms with Gasteiger partial charge in [-0.2, -0.15) is 0 Å². The largest absolute Gasteiger partial charge is 0.335 e. The lowest BCUT2D eigenvalue weighted by Crippen LogP contribution is -2.45. The van der Waals surface area contributed by atoms with Gasteiger partial charge >= 0.3 is 6.03 Å². The van der Waals surface area contributed by atoms with Crippen LogP contribution in [0.3, 0.4) is 0 Å². The van der Waals surface area contributed by atoms with Crippen molar-refractivity contribution in [2.45, 2.75) is 58.0 Å². The summed E-state index contributed by atoms with van der Waals surface area (Å²) in [4.78, 5) is 19.1. The monoisotopic (exact) mass is 359 g/mol. The number of carbonyl (C=O) groups excluding carboxylic acids is 1. The second-order valence-corrected chi connectivity index (χ2v) is 7.19. The summed E-state index contributed by atoms with van der Waals surface area (Å²) in [6.45, 7) is 3.28. The Morgan fingerprint density at radius 2 is 2.04 bits per heavy atom. The van der Waals surface area contributed by atoms with Crippen LogP contribution in [0.4, 0.5) is 4.79 Å². The van der Waals surface area contributed by atoms with Crippen LogP contribution < -0.4 is 5.32 Å². The van der Waals surface area contributed by atoms with Crippen molar-refractivity contribution in [1.82, 2.24) is 15.2 Å². The molecule has 1 saturated carbocycles. The number of carbonyl (C=O) groups is 1. The molecule has 1 aromatic heterocycles. The van der Waals surface area contributed by atoms with E-state index in [0.717, 1.165) is 35.7 Å². The molecule has 1 heterocycles. The van der Waals surface area contributed by atoms with Crippen LogP contribution in [0.2, 0.25) is 5.15 Å². The molecule has 134 valence electrons. The molecule has 0 bridgehead atoms. The third kappa shape index (κ3) is 4.63. The van der Waals surface area contributed by atoms with Gasteiger partial charge in [-0.05, 0) is 31.4 Å². The molecule has 1 fully saturated rings. The number of amides is 2. The summed E-state index contributed by atoms with van der Waals surface area (Å²) in [5.41, 5.74) is 1.78. The maximum Gasteiger partial charge on any atom is 0.317 e. The van der Waals surface area contributed by atoms with Gasteiger partial charge in [0, 0.05) is 23.5 Å². The Kier molecular flexibility index (Phi) is 6.14. The molecule has 1 aliphatic rings. The van der Waals surface area contributed by atoms with Gasteiger partial charge in [0.2, 0.25) is 0 Å². The van der Waals surface area contributed by atoms with Crippen molar-refractivity contribution in [2.24, 2.45) is 0 Å². The van der Waals surface area contributed by atoms with Crippen LogP contribution in [0, 0.1) is 0 Å². The minimum absolute atomic E-state index is 0.0120. The molecule has 3 rings (SSSR count). The number of fused-ring (bicyclic) bond motifs is 1. The first-order valence-electron chi connectivity index (χ1n) is 9.27. The summed E-state index contributed by atoms with van der Waals surface area (Å²) < 4.78 is 0. The van der Waals surface area contributed by atoms with E-state index in [9.17, 15) is 4.79 Å². The highest BCUT2D eigenvalue weighted by molar-refractivity contribution is 6.30. The molecule has 0 atom stereocenters. The Morgan fingerprint density at radius 1 is 1.28 bits per heavy atom. The summed E-state index contributed by atoms with van der Waals surface area (Å²) in [7, 11) is 0. The first-order valence-corrected chi connectivity index (χ1v) is 9.64. The van der Waals surface area contributed by atoms with Crippen molar-refractivity contribution in [3.8, 4) is 0 Å². The fourth-order valence-electron chi connectivity index (χ4n) is 3.49. The topological polar surface area (TPSA) is 45.2 Å². The normalized spacial score (nSPS) is 15.3. The molecule has 25 heavy (non-hydrogen) atoms. The van der Waals surface area contributed by atoms with Crippen molar-refractivity contribution >= 4 is 28.5 Å². The van der Waals surface area contributed by atoms with E-state index in [2.05, 4.69) is 17.2 Å². The molecule has 1 aromatic carbocycles. The number of aromatic nitrogens is 1. The van der Waals surface area contributed by atoms with Crippen molar-refractivity contribution in [3.63, 3.8) is 0 Å². The third-order valence-electron chi connectivity index (χ3n) is 4.82. The van der Waals surface area contributed by atoms with Gasteiger partial charge in [-0.15, -0.1) is 0 Å². The Bertz CT molecular complexity index is 728. The molecular formula is C20H26ClN3O. The minimum atomic E-state index is 0.0120. The van der Waals surface area contributed by atoms with Gasteiger partial charge in [-0.3, -0.25) is 0 Å². The molecule has 2 amide bonds. The highest BCUT2D eigenvalue weighted by Gasteiger charge is 2.20. The van der Waals surface area contributed by atoms with Gasteiger partial charge < -0.3 is 10.2 Å². The SMILES string of the molecule is CCCN(Cc1cc2ccccc2nc1Cl)C(=O)NC1CCCCC1. The zero-order chi connectivity index (χ0) is 17.6. The van der Waals surface area contributed by atoms with E-state index >= 15 is 0 Å². The van der Waals surface area contributed by atoms with Gasteiger partial charge in [0.1, 0.15) is 5.15 Å². The molecule has 0 aliphatic heterocycles. The second-order valence-electron chi connectivity index (χ2n) is 6.84. The fraction of sp³-hybridized carbons (Fsp3) is 0.500. The molecule has 0 spiro atoms. The first-order chi connectivity index (χ1) is 12.2. The predicted molar refractivity (Wildman–Crippen MR) is 103 cm³/mol. The summed E-state index contributed by atoms with van der Waals surface area (Å²) in [6, 6.07) is 10.3. The van der Waals surface area contributed by atoms with Gasteiger partial charge in [0.15, 0.2) is 0 Å². The number of nitrogens with zero attached hydrogens (tertiary/aromatic N) is 2. The van der Waals surface area contributed by atoms with Gasteiger partial charge in [0.25, 0.3) is 0 Å². The highest BCUT2D eigenvalue weighted by Crippen LogP contribution is 2.22. The van der Waals surface area contributed by atoms with Crippen molar-refractivity contribution in [3.05, 3.63) is 41.0 Å². The Hall–Kier alpha value is -1.81. The average molecular weight is 360 g/mol. The quantitative estimate of drug-likeness (QED) is 0.751. The number of pyridine rings is 1. The second kappa shape index (κ2) is 8.52. The molecule has 1 aliphatic carbocycles. The molecule has 5 heteroatoms. The van der Waals surface area contributed by atoms with Crippen LogP contribution in [0.1, 0.15) is 51.0 Å². The summed E-state index contributed by atoms with van der Waals surface area (Å²) in [5, 5.41) is 4.73. The van der Waals surface area contributed by atoms with Gasteiger partial charge in [0.05, 0.1) is 12.1 Å². The third-order valence-corrected chi connectivity index (χ3v) is 5.15. The number of hydrogen-bond acceptors (Lipinski definition) is 2. The zero-order valence-corrected chi connectivity index (χ0v) is 15.6. The van der Waals surface area contributed by atoms with E-state index in [1.54, 1.807) is 0 Å². The first kappa shape index (κ1) is 18.0. The number of nitrogens with one attached hydrogen (secondary N) is 1. The molecule has 0 radical (unpaired) electrons. The van der Waals surface area contributed by atoms with Gasteiger partial charge in [-0.1, -0.05) is 56.0 Å². The van der Waals surface area contributed by atoms with Crippen molar-refractivity contribution < 1.29 is 4.79 Å². The van der Waals surface area contributed by atoms with Crippen LogP contribution in [0.5, 0.6) is 0 Å². The Labute approximate surface area is 154 Å². The van der Waals surface area contributed by atoms with E-state index < -0.39 is 0 Å². The standard InChI is InChI=1S/C20H26ClN3O/c1-2-12-24(20(25)22-17-9-4-3-5-10-17)14-16-13-15-8-6-7-11-18(15)23-19(16)21/h6-8,11,13,17H,2-5,9-10,12,14H2,1H3,(H,22,25). The predicted octanol–water partition coefficient (Wildman–Crippen LogP) is 5.14. The van der Waals surface area contributed by atoms with E-state index in [1.165, 1.54) is 19.3 Å². The lowest BCUT2D eigenvalue weighted by atomic mass is 9.96. The van der Waals surface area contributed by atoms with Gasteiger partial charge in [-0.25, -0.2) is 9.78 Å². The lowest BCUT2D eigenvalue weighted by molar-refractivity contribution is 0.187. The zero-order valence-electron chi connectivity index (χ0n) is 14.8. The number of hydrogen-bond donors (Lipinski definition) is 1. The Morgan fingerprint density at radius 3 is 2.80 bits per heavy atom. The number of urea groups is 1. The van der Waals surface area contributed by atoms with Crippen LogP contribution >= 0.6 is 11.6 Å². The van der Waals surface area contributed by atoms with E-state index in [0.29, 0.717) is 24.3 Å². The number of para-hydroxylation sites is 1. The highest BCUT2D eigenvalue weighted by atomic mass is 35.5. The van der Waals surface area contributed by atoms with Crippen molar-refractivity contribution in [2.75, 3.05) is 6.54 Å². The van der Waals surface area contributed by atoms with Crippen molar-refractivity contribution in [1.29, 1.82) is 0 Å². The number of halogens is 1. The molecule has 2 aromatic rings. The molecule has 1 N–H and O–H groups in total. The number of benzene rings is 1. The van der Waals surface area contributed by atoms with Crippen LogP contribution in [0.15, 0.2) is 30.3 Å². The number of rotatable bonds is 5. The van der Waals surface area contributed by atoms with Crippen LogP contribution in [-0.4, -0.2) is 28.5 Å². The minimum Gasteiger partial charge on any atom is -0.335 e.